The number of benzene rings is 2. The molecule has 3 aromatic rings. The summed E-state index contributed by atoms with van der Waals surface area (Å²) >= 11 is 1.45. The fraction of sp³-hybridized carbons (Fsp3) is 0.320. The van der Waals surface area contributed by atoms with Crippen LogP contribution in [0.2, 0.25) is 0 Å². The average molecular weight is 448 g/mol. The lowest BCUT2D eigenvalue weighted by atomic mass is 10.1. The minimum atomic E-state index is 0.0394. The number of rotatable bonds is 6. The second kappa shape index (κ2) is 10.0. The van der Waals surface area contributed by atoms with Crippen LogP contribution in [0.25, 0.3) is 0 Å². The van der Waals surface area contributed by atoms with Gasteiger partial charge in [-0.2, -0.15) is 0 Å². The number of piperazine rings is 1. The number of thioether (sulfide) groups is 1. The molecule has 2 heterocycles. The lowest BCUT2D eigenvalue weighted by molar-refractivity contribution is -0.115. The Kier molecular flexibility index (Phi) is 6.95. The van der Waals surface area contributed by atoms with Crippen molar-refractivity contribution >= 4 is 34.9 Å². The molecule has 0 unspecified atom stereocenters. The summed E-state index contributed by atoms with van der Waals surface area (Å²) in [5, 5.41) is 0.808. The number of hydrogen-bond acceptors (Lipinski definition) is 6. The molecular weight excluding hydrogens is 418 g/mol. The molecule has 4 rings (SSSR count). The standard InChI is InChI=1S/C25H29N5OS/c1-19-8-7-11-22(20(19)2)29-14-16-30(17-15-29)24-25(27-13-12-26-24)32-18-23(31)28(3)21-9-5-4-6-10-21/h4-13H,14-18H2,1-3H3. The Morgan fingerprint density at radius 2 is 1.62 bits per heavy atom. The zero-order valence-electron chi connectivity index (χ0n) is 18.9. The first-order valence-corrected chi connectivity index (χ1v) is 11.8. The van der Waals surface area contributed by atoms with Crippen molar-refractivity contribution in [1.29, 1.82) is 0 Å². The van der Waals surface area contributed by atoms with Crippen LogP contribution in [-0.4, -0.2) is 54.9 Å². The highest BCUT2D eigenvalue weighted by Crippen LogP contribution is 2.29. The van der Waals surface area contributed by atoms with Gasteiger partial charge < -0.3 is 14.7 Å². The smallest absolute Gasteiger partial charge is 0.237 e. The third-order valence-electron chi connectivity index (χ3n) is 5.99. The molecule has 1 aliphatic heterocycles. The maximum absolute atomic E-state index is 12.7. The molecule has 1 aliphatic rings. The molecular formula is C25H29N5OS. The first kappa shape index (κ1) is 22.1. The van der Waals surface area contributed by atoms with Crippen LogP contribution in [0.15, 0.2) is 66.0 Å². The summed E-state index contributed by atoms with van der Waals surface area (Å²) in [6.07, 6.45) is 3.43. The summed E-state index contributed by atoms with van der Waals surface area (Å²) in [5.74, 6) is 1.23. The van der Waals surface area contributed by atoms with Gasteiger partial charge in [-0.25, -0.2) is 9.97 Å². The minimum absolute atomic E-state index is 0.0394. The van der Waals surface area contributed by atoms with Gasteiger partial charge in [0, 0.05) is 57.0 Å². The number of carbonyl (C=O) groups is 1. The molecule has 1 fully saturated rings. The van der Waals surface area contributed by atoms with Crippen LogP contribution in [0.5, 0.6) is 0 Å². The Hall–Kier alpha value is -3.06. The van der Waals surface area contributed by atoms with Gasteiger partial charge in [0.15, 0.2) is 5.82 Å². The van der Waals surface area contributed by atoms with Crippen molar-refractivity contribution in [2.24, 2.45) is 0 Å². The summed E-state index contributed by atoms with van der Waals surface area (Å²) in [6.45, 7) is 7.96. The Bertz CT molecular complexity index is 1070. The van der Waals surface area contributed by atoms with Gasteiger partial charge in [-0.15, -0.1) is 0 Å². The van der Waals surface area contributed by atoms with Crippen LogP contribution in [0.1, 0.15) is 11.1 Å². The zero-order valence-corrected chi connectivity index (χ0v) is 19.7. The molecule has 7 heteroatoms. The quantitative estimate of drug-likeness (QED) is 0.529. The van der Waals surface area contributed by atoms with Gasteiger partial charge in [0.2, 0.25) is 5.91 Å². The normalized spacial score (nSPS) is 13.8. The van der Waals surface area contributed by atoms with E-state index < -0.39 is 0 Å². The molecule has 1 aromatic heterocycles. The highest BCUT2D eigenvalue weighted by Gasteiger charge is 2.23. The maximum Gasteiger partial charge on any atom is 0.237 e. The molecule has 0 atom stereocenters. The summed E-state index contributed by atoms with van der Waals surface area (Å²) < 4.78 is 0. The first-order valence-electron chi connectivity index (χ1n) is 10.9. The van der Waals surface area contributed by atoms with Gasteiger partial charge in [-0.05, 0) is 43.2 Å². The molecule has 0 spiro atoms. The van der Waals surface area contributed by atoms with Crippen molar-refractivity contribution in [2.45, 2.75) is 18.9 Å². The highest BCUT2D eigenvalue weighted by molar-refractivity contribution is 8.00. The summed E-state index contributed by atoms with van der Waals surface area (Å²) in [7, 11) is 1.81. The second-order valence-electron chi connectivity index (χ2n) is 7.96. The molecule has 0 radical (unpaired) electrons. The van der Waals surface area contributed by atoms with E-state index >= 15 is 0 Å². The van der Waals surface area contributed by atoms with E-state index in [1.165, 1.54) is 28.6 Å². The van der Waals surface area contributed by atoms with Crippen LogP contribution < -0.4 is 14.7 Å². The Labute approximate surface area is 194 Å². The van der Waals surface area contributed by atoms with Crippen LogP contribution in [-0.2, 0) is 4.79 Å². The van der Waals surface area contributed by atoms with E-state index in [0.717, 1.165) is 42.7 Å². The molecule has 166 valence electrons. The van der Waals surface area contributed by atoms with E-state index in [9.17, 15) is 4.79 Å². The fourth-order valence-electron chi connectivity index (χ4n) is 3.90. The number of aryl methyl sites for hydroxylation is 1. The molecule has 32 heavy (non-hydrogen) atoms. The van der Waals surface area contributed by atoms with Gasteiger partial charge >= 0.3 is 0 Å². The van der Waals surface area contributed by atoms with Crippen molar-refractivity contribution in [1.82, 2.24) is 9.97 Å². The lowest BCUT2D eigenvalue weighted by Gasteiger charge is -2.38. The van der Waals surface area contributed by atoms with E-state index in [1.54, 1.807) is 17.3 Å². The molecule has 1 amide bonds. The molecule has 0 bridgehead atoms. The van der Waals surface area contributed by atoms with Crippen molar-refractivity contribution in [3.8, 4) is 0 Å². The topological polar surface area (TPSA) is 52.6 Å². The van der Waals surface area contributed by atoms with E-state index in [0.29, 0.717) is 5.75 Å². The molecule has 0 N–H and O–H groups in total. The number of hydrogen-bond donors (Lipinski definition) is 0. The fourth-order valence-corrected chi connectivity index (χ4v) is 4.80. The van der Waals surface area contributed by atoms with Crippen LogP contribution in [0.4, 0.5) is 17.2 Å². The molecule has 0 aliphatic carbocycles. The van der Waals surface area contributed by atoms with Gasteiger partial charge in [0.1, 0.15) is 5.03 Å². The minimum Gasteiger partial charge on any atom is -0.368 e. The number of nitrogens with zero attached hydrogens (tertiary/aromatic N) is 5. The second-order valence-corrected chi connectivity index (χ2v) is 8.92. The number of aromatic nitrogens is 2. The predicted octanol–water partition coefficient (Wildman–Crippen LogP) is 4.18. The van der Waals surface area contributed by atoms with Gasteiger partial charge in [-0.1, -0.05) is 42.1 Å². The zero-order chi connectivity index (χ0) is 22.5. The van der Waals surface area contributed by atoms with Crippen LogP contribution in [0.3, 0.4) is 0 Å². The van der Waals surface area contributed by atoms with Crippen LogP contribution >= 0.6 is 11.8 Å². The Morgan fingerprint density at radius 3 is 2.38 bits per heavy atom. The van der Waals surface area contributed by atoms with Crippen molar-refractivity contribution in [3.63, 3.8) is 0 Å². The van der Waals surface area contributed by atoms with Gasteiger partial charge in [0.25, 0.3) is 0 Å². The van der Waals surface area contributed by atoms with Crippen molar-refractivity contribution in [3.05, 3.63) is 72.1 Å². The lowest BCUT2D eigenvalue weighted by Crippen LogP contribution is -2.47. The summed E-state index contributed by atoms with van der Waals surface area (Å²) in [4.78, 5) is 28.3. The Balaban J connectivity index is 1.40. The maximum atomic E-state index is 12.7. The van der Waals surface area contributed by atoms with Crippen molar-refractivity contribution in [2.75, 3.05) is 53.7 Å². The third-order valence-corrected chi connectivity index (χ3v) is 6.95. The SMILES string of the molecule is Cc1cccc(N2CCN(c3nccnc3SCC(=O)N(C)c3ccccc3)CC2)c1C. The van der Waals surface area contributed by atoms with E-state index in [-0.39, 0.29) is 5.91 Å². The number of anilines is 3. The van der Waals surface area contributed by atoms with Gasteiger partial charge in [0.05, 0.1) is 5.75 Å². The largest absolute Gasteiger partial charge is 0.368 e. The van der Waals surface area contributed by atoms with Crippen LogP contribution in [0, 0.1) is 13.8 Å². The Morgan fingerprint density at radius 1 is 0.938 bits per heavy atom. The number of para-hydroxylation sites is 1. The number of carbonyl (C=O) groups excluding carboxylic acids is 1. The average Bonchev–Trinajstić information content (AvgIpc) is 2.84. The number of amides is 1. The molecule has 6 nitrogen and oxygen atoms in total. The van der Waals surface area contributed by atoms with Gasteiger partial charge in [-0.3, -0.25) is 4.79 Å². The summed E-state index contributed by atoms with van der Waals surface area (Å²) in [6, 6.07) is 16.2. The van der Waals surface area contributed by atoms with E-state index in [4.69, 9.17) is 0 Å². The van der Waals surface area contributed by atoms with Crippen molar-refractivity contribution < 1.29 is 4.79 Å². The monoisotopic (exact) mass is 447 g/mol. The highest BCUT2D eigenvalue weighted by atomic mass is 32.2. The predicted molar refractivity (Wildman–Crippen MR) is 133 cm³/mol. The molecule has 0 saturated carbocycles. The molecule has 2 aromatic carbocycles. The van der Waals surface area contributed by atoms with E-state index in [2.05, 4.69) is 51.8 Å². The first-order chi connectivity index (χ1) is 15.5. The molecule has 1 saturated heterocycles. The third kappa shape index (κ3) is 4.88. The van der Waals surface area contributed by atoms with E-state index in [1.807, 2.05) is 37.4 Å². The summed E-state index contributed by atoms with van der Waals surface area (Å²) in [5.41, 5.74) is 4.87.